The number of nitrogens with one attached hydrogen (secondary N) is 1. The molecule has 2 atom stereocenters. The van der Waals surface area contributed by atoms with Crippen molar-refractivity contribution in [1.82, 2.24) is 10.2 Å². The zero-order valence-corrected chi connectivity index (χ0v) is 17.5. The molecule has 1 fully saturated rings. The fourth-order valence-electron chi connectivity index (χ4n) is 3.83. The van der Waals surface area contributed by atoms with Crippen LogP contribution in [0.3, 0.4) is 0 Å². The van der Waals surface area contributed by atoms with Gasteiger partial charge in [-0.15, -0.1) is 0 Å². The number of carbonyl (C=O) groups is 2. The monoisotopic (exact) mass is 414 g/mol. The van der Waals surface area contributed by atoms with Gasteiger partial charge in [-0.3, -0.25) is 9.59 Å². The lowest BCUT2D eigenvalue weighted by Gasteiger charge is -2.21. The SMILES string of the molecule is CCCNC(=O)[C@H]1CN(C(=O)c2ccc(F)cc2)C[C@@H]1c1cc(OC)ccc1OC. The molecule has 0 bridgehead atoms. The number of carbonyl (C=O) groups excluding carboxylic acids is 2. The molecule has 0 spiro atoms. The van der Waals surface area contributed by atoms with Crippen LogP contribution in [0.1, 0.15) is 35.2 Å². The van der Waals surface area contributed by atoms with E-state index >= 15 is 0 Å². The van der Waals surface area contributed by atoms with Gasteiger partial charge in [-0.2, -0.15) is 0 Å². The van der Waals surface area contributed by atoms with Gasteiger partial charge in [0.05, 0.1) is 20.1 Å². The lowest BCUT2D eigenvalue weighted by atomic mass is 9.87. The van der Waals surface area contributed by atoms with Crippen LogP contribution < -0.4 is 14.8 Å². The summed E-state index contributed by atoms with van der Waals surface area (Å²) in [6.07, 6.45) is 0.823. The number of rotatable bonds is 7. The Kier molecular flexibility index (Phi) is 6.92. The summed E-state index contributed by atoms with van der Waals surface area (Å²) >= 11 is 0. The van der Waals surface area contributed by atoms with Gasteiger partial charge in [0, 0.05) is 36.7 Å². The van der Waals surface area contributed by atoms with Gasteiger partial charge in [0.25, 0.3) is 5.91 Å². The highest BCUT2D eigenvalue weighted by Gasteiger charge is 2.41. The normalized spacial score (nSPS) is 18.2. The Morgan fingerprint density at radius 3 is 2.47 bits per heavy atom. The van der Waals surface area contributed by atoms with Gasteiger partial charge in [-0.1, -0.05) is 6.92 Å². The van der Waals surface area contributed by atoms with E-state index in [4.69, 9.17) is 9.47 Å². The average Bonchev–Trinajstić information content (AvgIpc) is 3.22. The third-order valence-corrected chi connectivity index (χ3v) is 5.42. The number of hydrogen-bond acceptors (Lipinski definition) is 4. The first-order valence-corrected chi connectivity index (χ1v) is 10.0. The summed E-state index contributed by atoms with van der Waals surface area (Å²) in [6, 6.07) is 10.9. The third-order valence-electron chi connectivity index (χ3n) is 5.42. The number of ether oxygens (including phenoxy) is 2. The molecule has 0 aromatic heterocycles. The molecule has 1 aliphatic rings. The number of likely N-dealkylation sites (tertiary alicyclic amines) is 1. The minimum atomic E-state index is -0.429. The Morgan fingerprint density at radius 2 is 1.83 bits per heavy atom. The highest BCUT2D eigenvalue weighted by molar-refractivity contribution is 5.95. The molecule has 0 unspecified atom stereocenters. The molecule has 0 saturated carbocycles. The van der Waals surface area contributed by atoms with Crippen LogP contribution in [0.2, 0.25) is 0 Å². The Balaban J connectivity index is 1.93. The first-order chi connectivity index (χ1) is 14.5. The Bertz CT molecular complexity index is 901. The van der Waals surface area contributed by atoms with Crippen molar-refractivity contribution in [2.75, 3.05) is 33.9 Å². The molecule has 6 nitrogen and oxygen atoms in total. The molecule has 1 N–H and O–H groups in total. The number of methoxy groups -OCH3 is 2. The zero-order valence-electron chi connectivity index (χ0n) is 17.5. The van der Waals surface area contributed by atoms with E-state index in [-0.39, 0.29) is 24.3 Å². The van der Waals surface area contributed by atoms with Crippen LogP contribution in [-0.4, -0.2) is 50.6 Å². The smallest absolute Gasteiger partial charge is 0.253 e. The van der Waals surface area contributed by atoms with Gasteiger partial charge in [-0.05, 0) is 48.9 Å². The maximum atomic E-state index is 13.2. The lowest BCUT2D eigenvalue weighted by Crippen LogP contribution is -2.36. The fraction of sp³-hybridized carbons (Fsp3) is 0.391. The predicted octanol–water partition coefficient (Wildman–Crippen LogP) is 3.22. The summed E-state index contributed by atoms with van der Waals surface area (Å²) in [6.45, 7) is 3.19. The van der Waals surface area contributed by atoms with E-state index in [1.54, 1.807) is 31.3 Å². The minimum Gasteiger partial charge on any atom is -0.497 e. The van der Waals surface area contributed by atoms with Crippen molar-refractivity contribution in [2.45, 2.75) is 19.3 Å². The van der Waals surface area contributed by atoms with Gasteiger partial charge in [-0.25, -0.2) is 4.39 Å². The lowest BCUT2D eigenvalue weighted by molar-refractivity contribution is -0.124. The standard InChI is InChI=1S/C23H27FN2O4/c1-4-11-25-22(27)20-14-26(23(28)15-5-7-16(24)8-6-15)13-19(20)18-12-17(29-2)9-10-21(18)30-3/h5-10,12,19-20H,4,11,13-14H2,1-3H3,(H,25,27)/t19-,20+/m1/s1. The Labute approximate surface area is 176 Å². The number of amides is 2. The van der Waals surface area contributed by atoms with Gasteiger partial charge in [0.2, 0.25) is 5.91 Å². The predicted molar refractivity (Wildman–Crippen MR) is 111 cm³/mol. The Morgan fingerprint density at radius 1 is 1.10 bits per heavy atom. The second-order valence-electron chi connectivity index (χ2n) is 7.33. The second kappa shape index (κ2) is 9.61. The van der Waals surface area contributed by atoms with Crippen LogP contribution >= 0.6 is 0 Å². The first kappa shape index (κ1) is 21.6. The molecule has 160 valence electrons. The number of nitrogens with zero attached hydrogens (tertiary/aromatic N) is 1. The maximum absolute atomic E-state index is 13.2. The van der Waals surface area contributed by atoms with E-state index in [0.717, 1.165) is 12.0 Å². The summed E-state index contributed by atoms with van der Waals surface area (Å²) in [5.74, 6) is -0.108. The third kappa shape index (κ3) is 4.56. The van der Waals surface area contributed by atoms with Gasteiger partial charge in [0.15, 0.2) is 0 Å². The number of hydrogen-bond donors (Lipinski definition) is 1. The average molecular weight is 414 g/mol. The molecule has 0 radical (unpaired) electrons. The second-order valence-corrected chi connectivity index (χ2v) is 7.33. The summed E-state index contributed by atoms with van der Waals surface area (Å²) in [5, 5.41) is 2.95. The quantitative estimate of drug-likeness (QED) is 0.755. The topological polar surface area (TPSA) is 67.9 Å². The van der Waals surface area contributed by atoms with Crippen LogP contribution in [-0.2, 0) is 4.79 Å². The molecule has 7 heteroatoms. The molecule has 2 aromatic rings. The molecule has 3 rings (SSSR count). The number of halogens is 1. The van der Waals surface area contributed by atoms with E-state index in [9.17, 15) is 14.0 Å². The van der Waals surface area contributed by atoms with Crippen LogP contribution in [0.15, 0.2) is 42.5 Å². The van der Waals surface area contributed by atoms with Crippen molar-refractivity contribution in [3.8, 4) is 11.5 Å². The minimum absolute atomic E-state index is 0.0962. The molecule has 1 saturated heterocycles. The maximum Gasteiger partial charge on any atom is 0.253 e. The number of benzene rings is 2. The molecule has 1 aliphatic heterocycles. The van der Waals surface area contributed by atoms with E-state index < -0.39 is 11.7 Å². The van der Waals surface area contributed by atoms with Gasteiger partial charge < -0.3 is 19.7 Å². The summed E-state index contributed by atoms with van der Waals surface area (Å²) < 4.78 is 24.1. The van der Waals surface area contributed by atoms with E-state index in [1.165, 1.54) is 24.3 Å². The molecule has 30 heavy (non-hydrogen) atoms. The van der Waals surface area contributed by atoms with Crippen molar-refractivity contribution in [3.63, 3.8) is 0 Å². The van der Waals surface area contributed by atoms with Gasteiger partial charge in [0.1, 0.15) is 17.3 Å². The highest BCUT2D eigenvalue weighted by Crippen LogP contribution is 2.40. The molecular formula is C23H27FN2O4. The molecule has 2 amide bonds. The zero-order chi connectivity index (χ0) is 21.7. The largest absolute Gasteiger partial charge is 0.497 e. The van der Waals surface area contributed by atoms with Crippen LogP contribution in [0.5, 0.6) is 11.5 Å². The summed E-state index contributed by atoms with van der Waals surface area (Å²) in [7, 11) is 3.16. The van der Waals surface area contributed by atoms with Crippen molar-refractivity contribution in [3.05, 3.63) is 59.4 Å². The first-order valence-electron chi connectivity index (χ1n) is 10.0. The van der Waals surface area contributed by atoms with Crippen molar-refractivity contribution < 1.29 is 23.5 Å². The molecule has 0 aliphatic carbocycles. The van der Waals surface area contributed by atoms with E-state index in [1.807, 2.05) is 13.0 Å². The van der Waals surface area contributed by atoms with E-state index in [0.29, 0.717) is 30.2 Å². The van der Waals surface area contributed by atoms with E-state index in [2.05, 4.69) is 5.32 Å². The van der Waals surface area contributed by atoms with Gasteiger partial charge >= 0.3 is 0 Å². The summed E-state index contributed by atoms with van der Waals surface area (Å²) in [5.41, 5.74) is 1.21. The molecular weight excluding hydrogens is 387 g/mol. The van der Waals surface area contributed by atoms with Crippen molar-refractivity contribution in [1.29, 1.82) is 0 Å². The molecule has 2 aromatic carbocycles. The molecule has 1 heterocycles. The van der Waals surface area contributed by atoms with Crippen LogP contribution in [0.25, 0.3) is 0 Å². The summed E-state index contributed by atoms with van der Waals surface area (Å²) in [4.78, 5) is 27.6. The fourth-order valence-corrected chi connectivity index (χ4v) is 3.83. The highest BCUT2D eigenvalue weighted by atomic mass is 19.1. The van der Waals surface area contributed by atoms with Crippen LogP contribution in [0, 0.1) is 11.7 Å². The Hall–Kier alpha value is -3.09. The van der Waals surface area contributed by atoms with Crippen LogP contribution in [0.4, 0.5) is 4.39 Å². The van der Waals surface area contributed by atoms with Crippen molar-refractivity contribution >= 4 is 11.8 Å². The van der Waals surface area contributed by atoms with Crippen molar-refractivity contribution in [2.24, 2.45) is 5.92 Å².